The summed E-state index contributed by atoms with van der Waals surface area (Å²) in [6.45, 7) is -0.166. The Morgan fingerprint density at radius 1 is 1.34 bits per heavy atom. The number of fused-ring (bicyclic) bond motifs is 1. The van der Waals surface area contributed by atoms with Crippen LogP contribution in [0.5, 0.6) is 0 Å². The van der Waals surface area contributed by atoms with Gasteiger partial charge >= 0.3 is 12.1 Å². The Balaban J connectivity index is 1.61. The Morgan fingerprint density at radius 3 is 2.66 bits per heavy atom. The average Bonchev–Trinajstić information content (AvgIpc) is 3.45. The molecular formula is C22H23F3N6O5S2. The highest BCUT2D eigenvalue weighted by Crippen LogP contribution is 2.37. The Hall–Kier alpha value is -3.50. The molecule has 16 heteroatoms. The number of anilines is 2. The third kappa shape index (κ3) is 5.37. The first-order valence-corrected chi connectivity index (χ1v) is 13.4. The highest BCUT2D eigenvalue weighted by molar-refractivity contribution is 7.91. The molecule has 204 valence electrons. The number of carbonyl (C=O) groups is 2. The molecule has 3 aromatic rings. The number of rotatable bonds is 8. The van der Waals surface area contributed by atoms with Crippen LogP contribution in [0.1, 0.15) is 17.5 Å². The van der Waals surface area contributed by atoms with E-state index in [1.165, 1.54) is 18.3 Å². The Kier molecular flexibility index (Phi) is 7.24. The minimum absolute atomic E-state index is 0.0580. The van der Waals surface area contributed by atoms with E-state index in [-0.39, 0.29) is 33.9 Å². The van der Waals surface area contributed by atoms with E-state index in [1.807, 2.05) is 0 Å². The number of benzene rings is 1. The Labute approximate surface area is 219 Å². The van der Waals surface area contributed by atoms with Crippen LogP contribution < -0.4 is 15.4 Å². The molecule has 0 aliphatic carbocycles. The van der Waals surface area contributed by atoms with Crippen molar-refractivity contribution in [1.29, 1.82) is 0 Å². The van der Waals surface area contributed by atoms with Gasteiger partial charge in [0.05, 0.1) is 11.8 Å². The van der Waals surface area contributed by atoms with E-state index in [0.717, 1.165) is 28.5 Å². The fourth-order valence-corrected chi connectivity index (χ4v) is 6.49. The van der Waals surface area contributed by atoms with Crippen LogP contribution in [0.15, 0.2) is 34.8 Å². The summed E-state index contributed by atoms with van der Waals surface area (Å²) in [5.74, 6) is -2.48. The molecule has 0 saturated carbocycles. The predicted octanol–water partition coefficient (Wildman–Crippen LogP) is 1.93. The van der Waals surface area contributed by atoms with Crippen molar-refractivity contribution in [3.63, 3.8) is 0 Å². The number of sulfonamides is 1. The lowest BCUT2D eigenvalue weighted by molar-refractivity contribution is -0.149. The number of nitrogens with zero attached hydrogens (tertiary/aromatic N) is 4. The Bertz CT molecular complexity index is 1510. The molecule has 1 aliphatic heterocycles. The number of aromatic nitrogens is 2. The van der Waals surface area contributed by atoms with Crippen molar-refractivity contribution in [1.82, 2.24) is 19.6 Å². The first kappa shape index (κ1) is 27.5. The van der Waals surface area contributed by atoms with Gasteiger partial charge in [0.1, 0.15) is 17.9 Å². The van der Waals surface area contributed by atoms with Gasteiger partial charge in [-0.2, -0.15) is 17.9 Å². The zero-order chi connectivity index (χ0) is 28.0. The first-order chi connectivity index (χ1) is 17.7. The van der Waals surface area contributed by atoms with Gasteiger partial charge in [-0.05, 0) is 29.5 Å². The number of carboxylic acid groups (broad SMARTS) is 1. The second-order valence-electron chi connectivity index (χ2n) is 8.83. The van der Waals surface area contributed by atoms with Crippen LogP contribution in [0.4, 0.5) is 24.1 Å². The van der Waals surface area contributed by atoms with Crippen LogP contribution in [-0.4, -0.2) is 73.0 Å². The number of hydrogen-bond acceptors (Lipinski definition) is 9. The largest absolute Gasteiger partial charge is 0.480 e. The van der Waals surface area contributed by atoms with Crippen molar-refractivity contribution in [3.8, 4) is 0 Å². The maximum Gasteiger partial charge on any atom is 0.416 e. The zero-order valence-electron chi connectivity index (χ0n) is 20.1. The molecule has 1 saturated heterocycles. The Morgan fingerprint density at radius 2 is 2.05 bits per heavy atom. The minimum atomic E-state index is -4.83. The van der Waals surface area contributed by atoms with Gasteiger partial charge in [0, 0.05) is 38.6 Å². The number of amides is 1. The normalized spacial score (nSPS) is 17.2. The number of nitrogen functional groups attached to an aromatic ring is 1. The molecule has 4 N–H and O–H groups in total. The molecule has 4 rings (SSSR count). The summed E-state index contributed by atoms with van der Waals surface area (Å²) in [5, 5.41) is 10.7. The number of nitrogens with one attached hydrogen (secondary N) is 1. The number of alkyl halides is 3. The lowest BCUT2D eigenvalue weighted by Crippen LogP contribution is -2.48. The summed E-state index contributed by atoms with van der Waals surface area (Å²) in [4.78, 5) is 35.5. The summed E-state index contributed by atoms with van der Waals surface area (Å²) < 4.78 is 69.4. The summed E-state index contributed by atoms with van der Waals surface area (Å²) in [6, 6.07) is 0.484. The number of hydrogen-bond donors (Lipinski definition) is 3. The lowest BCUT2D eigenvalue weighted by Gasteiger charge is -2.26. The van der Waals surface area contributed by atoms with E-state index < -0.39 is 52.1 Å². The van der Waals surface area contributed by atoms with Crippen molar-refractivity contribution in [2.75, 3.05) is 31.3 Å². The highest BCUT2D eigenvalue weighted by Gasteiger charge is 2.42. The first-order valence-electron chi connectivity index (χ1n) is 11.1. The van der Waals surface area contributed by atoms with Gasteiger partial charge in [0.2, 0.25) is 5.91 Å². The number of likely N-dealkylation sites (tertiary alicyclic amines) is 1. The van der Waals surface area contributed by atoms with Crippen molar-refractivity contribution in [2.45, 2.75) is 35.3 Å². The van der Waals surface area contributed by atoms with Crippen LogP contribution in [0.25, 0.3) is 10.8 Å². The van der Waals surface area contributed by atoms with Crippen molar-refractivity contribution >= 4 is 55.0 Å². The number of carboxylic acids is 1. The van der Waals surface area contributed by atoms with Gasteiger partial charge in [-0.3, -0.25) is 4.79 Å². The fraction of sp³-hybridized carbons (Fsp3) is 0.364. The number of aliphatic carboxylic acids is 1. The van der Waals surface area contributed by atoms with Crippen LogP contribution in [0.3, 0.4) is 0 Å². The number of pyridine rings is 1. The standard InChI is InChI=1S/C22H23F3N6O5S2/c1-30(2)21-28-10-17(37-21)38(35,36)29-15-4-6-31(19(15)32)16(20(33)34)8-12-7-11-3-5-27-18(26)13(11)9-14(12)22(23,24)25/h3,5,7,9-10,15-16,29H,4,6,8H2,1-2H3,(H2,26,27)(H,33,34). The third-order valence-electron chi connectivity index (χ3n) is 6.06. The average molecular weight is 573 g/mol. The van der Waals surface area contributed by atoms with E-state index in [1.54, 1.807) is 19.0 Å². The maximum absolute atomic E-state index is 13.9. The molecule has 3 heterocycles. The summed E-state index contributed by atoms with van der Waals surface area (Å²) in [6.07, 6.45) is -3.10. The van der Waals surface area contributed by atoms with Crippen molar-refractivity contribution in [3.05, 3.63) is 41.7 Å². The molecule has 1 aromatic carbocycles. The van der Waals surface area contributed by atoms with Crippen molar-refractivity contribution < 1.29 is 36.3 Å². The highest BCUT2D eigenvalue weighted by atomic mass is 32.2. The number of halogens is 3. The topological polar surface area (TPSA) is 159 Å². The van der Waals surface area contributed by atoms with Crippen molar-refractivity contribution in [2.24, 2.45) is 0 Å². The van der Waals surface area contributed by atoms with E-state index in [9.17, 15) is 36.3 Å². The van der Waals surface area contributed by atoms with E-state index in [0.29, 0.717) is 10.5 Å². The zero-order valence-corrected chi connectivity index (χ0v) is 21.7. The second-order valence-corrected chi connectivity index (χ2v) is 11.8. The number of thiazole rings is 1. The molecule has 38 heavy (non-hydrogen) atoms. The minimum Gasteiger partial charge on any atom is -0.480 e. The summed E-state index contributed by atoms with van der Waals surface area (Å²) >= 11 is 0.877. The monoisotopic (exact) mass is 572 g/mol. The van der Waals surface area contributed by atoms with Gasteiger partial charge in [0.15, 0.2) is 9.34 Å². The van der Waals surface area contributed by atoms with Crippen LogP contribution in [0.2, 0.25) is 0 Å². The predicted molar refractivity (Wildman–Crippen MR) is 133 cm³/mol. The van der Waals surface area contributed by atoms with Crippen LogP contribution in [0, 0.1) is 0 Å². The molecule has 1 amide bonds. The summed E-state index contributed by atoms with van der Waals surface area (Å²) in [5.41, 5.74) is 4.28. The maximum atomic E-state index is 13.9. The molecule has 0 bridgehead atoms. The molecule has 2 aromatic heterocycles. The second kappa shape index (κ2) is 9.99. The molecule has 0 spiro atoms. The molecule has 1 aliphatic rings. The number of carbonyl (C=O) groups excluding carboxylic acids is 1. The van der Waals surface area contributed by atoms with E-state index in [2.05, 4.69) is 14.7 Å². The van der Waals surface area contributed by atoms with Crippen LogP contribution in [-0.2, 0) is 32.2 Å². The van der Waals surface area contributed by atoms with Gasteiger partial charge in [-0.1, -0.05) is 17.4 Å². The molecular weight excluding hydrogens is 549 g/mol. The van der Waals surface area contributed by atoms with Gasteiger partial charge < -0.3 is 20.6 Å². The van der Waals surface area contributed by atoms with Gasteiger partial charge in [0.25, 0.3) is 10.0 Å². The summed E-state index contributed by atoms with van der Waals surface area (Å²) in [7, 11) is -0.796. The molecule has 11 nitrogen and oxygen atoms in total. The van der Waals surface area contributed by atoms with Gasteiger partial charge in [-0.15, -0.1) is 0 Å². The van der Waals surface area contributed by atoms with Crippen LogP contribution >= 0.6 is 11.3 Å². The molecule has 0 radical (unpaired) electrons. The van der Waals surface area contributed by atoms with Gasteiger partial charge in [-0.25, -0.2) is 23.2 Å². The quantitative estimate of drug-likeness (QED) is 0.367. The lowest BCUT2D eigenvalue weighted by atomic mass is 9.95. The molecule has 2 atom stereocenters. The SMILES string of the molecule is CN(C)c1ncc(S(=O)(=O)NC2CCN(C(Cc3cc4ccnc(N)c4cc3C(F)(F)F)C(=O)O)C2=O)s1. The number of nitrogens with two attached hydrogens (primary N) is 1. The van der Waals surface area contributed by atoms with E-state index in [4.69, 9.17) is 5.73 Å². The molecule has 2 unspecified atom stereocenters. The third-order valence-corrected chi connectivity index (χ3v) is 9.15. The molecule has 1 fully saturated rings. The fourth-order valence-electron chi connectivity index (χ4n) is 4.21. The smallest absolute Gasteiger partial charge is 0.416 e. The van der Waals surface area contributed by atoms with E-state index >= 15 is 0 Å².